The Balaban J connectivity index is 1.97. The minimum absolute atomic E-state index is 1.10. The standard InChI is InChI=1S/C25H32Br2/c1-3-5-7-9-15-20-21(16-10-8-6-4-2)24(26)25(27)23-19-14-12-11-13-18(19)17-22(20)23/h11-14H,3-10,15-17H2,1-2H3. The van der Waals surface area contributed by atoms with Gasteiger partial charge >= 0.3 is 0 Å². The number of fused-ring (bicyclic) bond motifs is 3. The van der Waals surface area contributed by atoms with E-state index < -0.39 is 0 Å². The van der Waals surface area contributed by atoms with Gasteiger partial charge in [-0.2, -0.15) is 0 Å². The molecule has 0 spiro atoms. The van der Waals surface area contributed by atoms with Gasteiger partial charge in [0.1, 0.15) is 0 Å². The lowest BCUT2D eigenvalue weighted by molar-refractivity contribution is 0.648. The maximum atomic E-state index is 3.98. The summed E-state index contributed by atoms with van der Waals surface area (Å²) in [5.74, 6) is 0. The van der Waals surface area contributed by atoms with Gasteiger partial charge in [-0.05, 0) is 91.8 Å². The Kier molecular flexibility index (Phi) is 8.02. The van der Waals surface area contributed by atoms with Crippen molar-refractivity contribution in [2.24, 2.45) is 0 Å². The van der Waals surface area contributed by atoms with Crippen molar-refractivity contribution in [1.82, 2.24) is 0 Å². The summed E-state index contributed by atoms with van der Waals surface area (Å²) in [7, 11) is 0. The Hall–Kier alpha value is -0.600. The quantitative estimate of drug-likeness (QED) is 0.248. The van der Waals surface area contributed by atoms with Crippen molar-refractivity contribution < 1.29 is 0 Å². The van der Waals surface area contributed by atoms with Crippen molar-refractivity contribution in [3.8, 4) is 11.1 Å². The van der Waals surface area contributed by atoms with Crippen LogP contribution in [0, 0.1) is 0 Å². The highest BCUT2D eigenvalue weighted by molar-refractivity contribution is 9.13. The van der Waals surface area contributed by atoms with Gasteiger partial charge in [0.2, 0.25) is 0 Å². The molecule has 0 saturated heterocycles. The first-order valence-electron chi connectivity index (χ1n) is 10.8. The topological polar surface area (TPSA) is 0 Å². The fraction of sp³-hybridized carbons (Fsp3) is 0.520. The van der Waals surface area contributed by atoms with Crippen LogP contribution in [0.5, 0.6) is 0 Å². The lowest BCUT2D eigenvalue weighted by Gasteiger charge is -2.20. The molecule has 0 amide bonds. The minimum Gasteiger partial charge on any atom is -0.0654 e. The average molecular weight is 492 g/mol. The largest absolute Gasteiger partial charge is 0.0654 e. The molecule has 1 aliphatic rings. The van der Waals surface area contributed by atoms with Crippen LogP contribution >= 0.6 is 31.9 Å². The summed E-state index contributed by atoms with van der Waals surface area (Å²) in [4.78, 5) is 0. The summed E-state index contributed by atoms with van der Waals surface area (Å²) >= 11 is 7.94. The Morgan fingerprint density at radius 3 is 2.04 bits per heavy atom. The summed E-state index contributed by atoms with van der Waals surface area (Å²) in [5, 5.41) is 0. The van der Waals surface area contributed by atoms with Gasteiger partial charge in [-0.1, -0.05) is 76.6 Å². The lowest BCUT2D eigenvalue weighted by Crippen LogP contribution is -2.04. The molecule has 0 bridgehead atoms. The monoisotopic (exact) mass is 490 g/mol. The van der Waals surface area contributed by atoms with Crippen LogP contribution in [0.15, 0.2) is 33.2 Å². The zero-order chi connectivity index (χ0) is 19.2. The third-order valence-electron chi connectivity index (χ3n) is 5.92. The zero-order valence-electron chi connectivity index (χ0n) is 16.8. The van der Waals surface area contributed by atoms with Crippen LogP contribution in [0.2, 0.25) is 0 Å². The van der Waals surface area contributed by atoms with Crippen molar-refractivity contribution in [2.45, 2.75) is 84.5 Å². The summed E-state index contributed by atoms with van der Waals surface area (Å²) in [6.07, 6.45) is 14.1. The Morgan fingerprint density at radius 1 is 0.741 bits per heavy atom. The van der Waals surface area contributed by atoms with E-state index in [0.29, 0.717) is 0 Å². The molecule has 0 unspecified atom stereocenters. The van der Waals surface area contributed by atoms with Crippen molar-refractivity contribution in [3.05, 3.63) is 55.5 Å². The number of hydrogen-bond acceptors (Lipinski definition) is 0. The smallest absolute Gasteiger partial charge is 0.0401 e. The first-order valence-corrected chi connectivity index (χ1v) is 12.4. The number of halogens is 2. The lowest BCUT2D eigenvalue weighted by atomic mass is 9.89. The second-order valence-electron chi connectivity index (χ2n) is 7.89. The van der Waals surface area contributed by atoms with Gasteiger partial charge in [-0.15, -0.1) is 0 Å². The molecule has 0 aromatic heterocycles. The first-order chi connectivity index (χ1) is 13.2. The van der Waals surface area contributed by atoms with Crippen LogP contribution < -0.4 is 0 Å². The SMILES string of the molecule is CCCCCCc1c(Br)c(Br)c2c(c1CCCCCC)Cc1ccccc1-2. The van der Waals surface area contributed by atoms with E-state index in [2.05, 4.69) is 70.0 Å². The molecule has 2 heteroatoms. The maximum absolute atomic E-state index is 3.98. The molecule has 27 heavy (non-hydrogen) atoms. The second kappa shape index (κ2) is 10.3. The molecule has 1 aliphatic carbocycles. The second-order valence-corrected chi connectivity index (χ2v) is 9.48. The van der Waals surface area contributed by atoms with Gasteiger partial charge in [0, 0.05) is 14.5 Å². The summed E-state index contributed by atoms with van der Waals surface area (Å²) < 4.78 is 2.57. The van der Waals surface area contributed by atoms with Crippen LogP contribution in [-0.2, 0) is 19.3 Å². The van der Waals surface area contributed by atoms with Gasteiger partial charge in [-0.3, -0.25) is 0 Å². The van der Waals surface area contributed by atoms with E-state index in [4.69, 9.17) is 0 Å². The summed E-state index contributed by atoms with van der Waals surface area (Å²) in [6.45, 7) is 4.59. The number of benzene rings is 2. The molecule has 2 aromatic rings. The predicted molar refractivity (Wildman–Crippen MR) is 126 cm³/mol. The van der Waals surface area contributed by atoms with Crippen molar-refractivity contribution in [1.29, 1.82) is 0 Å². The van der Waals surface area contributed by atoms with Crippen LogP contribution in [0.25, 0.3) is 11.1 Å². The maximum Gasteiger partial charge on any atom is 0.0401 e. The van der Waals surface area contributed by atoms with E-state index in [1.165, 1.54) is 89.8 Å². The van der Waals surface area contributed by atoms with Crippen LogP contribution in [0.4, 0.5) is 0 Å². The van der Waals surface area contributed by atoms with Crippen LogP contribution in [-0.4, -0.2) is 0 Å². The van der Waals surface area contributed by atoms with Gasteiger partial charge in [0.05, 0.1) is 0 Å². The van der Waals surface area contributed by atoms with E-state index in [1.807, 2.05) is 0 Å². The third-order valence-corrected chi connectivity index (χ3v) is 8.12. The molecular formula is C25H32Br2. The van der Waals surface area contributed by atoms with Crippen LogP contribution in [0.3, 0.4) is 0 Å². The molecule has 0 fully saturated rings. The molecule has 0 heterocycles. The predicted octanol–water partition coefficient (Wildman–Crippen LogP) is 9.03. The molecule has 2 aromatic carbocycles. The Bertz CT molecular complexity index is 776. The first kappa shape index (κ1) is 21.1. The Morgan fingerprint density at radius 2 is 1.37 bits per heavy atom. The Labute approximate surface area is 182 Å². The van der Waals surface area contributed by atoms with Crippen molar-refractivity contribution in [3.63, 3.8) is 0 Å². The zero-order valence-corrected chi connectivity index (χ0v) is 20.0. The fourth-order valence-corrected chi connectivity index (χ4v) is 5.77. The summed E-state index contributed by atoms with van der Waals surface area (Å²) in [6, 6.07) is 8.95. The van der Waals surface area contributed by atoms with E-state index >= 15 is 0 Å². The fourth-order valence-electron chi connectivity index (χ4n) is 4.44. The third kappa shape index (κ3) is 4.70. The van der Waals surface area contributed by atoms with E-state index in [-0.39, 0.29) is 0 Å². The molecule has 146 valence electrons. The number of hydrogen-bond donors (Lipinski definition) is 0. The highest BCUT2D eigenvalue weighted by atomic mass is 79.9. The van der Waals surface area contributed by atoms with Gasteiger partial charge < -0.3 is 0 Å². The van der Waals surface area contributed by atoms with E-state index in [0.717, 1.165) is 6.42 Å². The molecule has 0 aliphatic heterocycles. The summed E-state index contributed by atoms with van der Waals surface area (Å²) in [5.41, 5.74) is 9.16. The van der Waals surface area contributed by atoms with E-state index in [9.17, 15) is 0 Å². The highest BCUT2D eigenvalue weighted by Crippen LogP contribution is 2.48. The van der Waals surface area contributed by atoms with E-state index in [1.54, 1.807) is 16.7 Å². The normalized spacial score (nSPS) is 12.3. The molecule has 0 atom stereocenters. The van der Waals surface area contributed by atoms with Crippen LogP contribution in [0.1, 0.15) is 87.5 Å². The van der Waals surface area contributed by atoms with Gasteiger partial charge in [0.25, 0.3) is 0 Å². The minimum atomic E-state index is 1.10. The molecular weight excluding hydrogens is 460 g/mol. The van der Waals surface area contributed by atoms with Crippen molar-refractivity contribution >= 4 is 31.9 Å². The van der Waals surface area contributed by atoms with Crippen molar-refractivity contribution in [2.75, 3.05) is 0 Å². The molecule has 0 N–H and O–H groups in total. The van der Waals surface area contributed by atoms with Gasteiger partial charge in [-0.25, -0.2) is 0 Å². The molecule has 0 saturated carbocycles. The number of unbranched alkanes of at least 4 members (excludes halogenated alkanes) is 6. The molecule has 0 nitrogen and oxygen atoms in total. The average Bonchev–Trinajstić information content (AvgIpc) is 3.07. The number of rotatable bonds is 10. The molecule has 0 radical (unpaired) electrons. The molecule has 3 rings (SSSR count). The van der Waals surface area contributed by atoms with Gasteiger partial charge in [0.15, 0.2) is 0 Å². The highest BCUT2D eigenvalue weighted by Gasteiger charge is 2.27.